The number of benzene rings is 1. The molecule has 0 bridgehead atoms. The number of hydrogen-bond donors (Lipinski definition) is 3. The molecule has 1 atom stereocenters. The van der Waals surface area contributed by atoms with Crippen molar-refractivity contribution in [1.82, 2.24) is 20.5 Å². The second-order valence-corrected chi connectivity index (χ2v) is 7.40. The highest BCUT2D eigenvalue weighted by molar-refractivity contribution is 5.96. The van der Waals surface area contributed by atoms with Crippen LogP contribution < -0.4 is 10.6 Å². The van der Waals surface area contributed by atoms with E-state index >= 15 is 0 Å². The third kappa shape index (κ3) is 6.66. The smallest absolute Gasteiger partial charge is 0.253 e. The third-order valence-electron chi connectivity index (χ3n) is 5.24. The fourth-order valence-corrected chi connectivity index (χ4v) is 3.48. The highest BCUT2D eigenvalue weighted by atomic mass is 16.3. The number of nitrogens with zero attached hydrogens (tertiary/aromatic N) is 2. The number of rotatable bonds is 8. The Hall–Kier alpha value is -2.77. The van der Waals surface area contributed by atoms with E-state index in [-0.39, 0.29) is 18.4 Å². The number of aliphatic hydroxyl groups excluding tert-OH is 1. The van der Waals surface area contributed by atoms with Gasteiger partial charge in [0.1, 0.15) is 0 Å². The highest BCUT2D eigenvalue weighted by Gasteiger charge is 2.22. The molecule has 2 amide bonds. The Labute approximate surface area is 171 Å². The average Bonchev–Trinajstić information content (AvgIpc) is 2.78. The lowest BCUT2D eigenvalue weighted by molar-refractivity contribution is -0.120. The number of aliphatic hydroxyl groups is 1. The first-order chi connectivity index (χ1) is 14.1. The number of nitrogens with one attached hydrogen (secondary N) is 2. The summed E-state index contributed by atoms with van der Waals surface area (Å²) in [5.74, 6) is -0.0826. The van der Waals surface area contributed by atoms with Crippen LogP contribution in [0.3, 0.4) is 0 Å². The van der Waals surface area contributed by atoms with E-state index in [1.165, 1.54) is 6.20 Å². The van der Waals surface area contributed by atoms with Crippen LogP contribution in [-0.4, -0.2) is 59.5 Å². The van der Waals surface area contributed by atoms with Gasteiger partial charge in [0, 0.05) is 25.5 Å². The van der Waals surface area contributed by atoms with Crippen molar-refractivity contribution in [3.63, 3.8) is 0 Å². The number of pyridine rings is 1. The molecule has 1 fully saturated rings. The van der Waals surface area contributed by atoms with Gasteiger partial charge in [0.05, 0.1) is 18.2 Å². The van der Waals surface area contributed by atoms with E-state index in [0.29, 0.717) is 24.6 Å². The molecular weight excluding hydrogens is 368 g/mol. The summed E-state index contributed by atoms with van der Waals surface area (Å²) >= 11 is 0. The Bertz CT molecular complexity index is 777. The lowest BCUT2D eigenvalue weighted by Crippen LogP contribution is -2.42. The number of amides is 2. The van der Waals surface area contributed by atoms with E-state index in [9.17, 15) is 14.7 Å². The molecule has 0 radical (unpaired) electrons. The Morgan fingerprint density at radius 3 is 2.55 bits per heavy atom. The van der Waals surface area contributed by atoms with Crippen LogP contribution in [0.2, 0.25) is 0 Å². The largest absolute Gasteiger partial charge is 0.387 e. The molecule has 1 aliphatic heterocycles. The van der Waals surface area contributed by atoms with Crippen LogP contribution in [0, 0.1) is 5.92 Å². The van der Waals surface area contributed by atoms with Crippen molar-refractivity contribution in [1.29, 1.82) is 0 Å². The minimum Gasteiger partial charge on any atom is -0.387 e. The van der Waals surface area contributed by atoms with Crippen molar-refractivity contribution in [2.24, 2.45) is 5.92 Å². The Balaban J connectivity index is 1.31. The van der Waals surface area contributed by atoms with Crippen molar-refractivity contribution in [2.45, 2.75) is 18.9 Å². The Morgan fingerprint density at radius 2 is 1.86 bits per heavy atom. The summed E-state index contributed by atoms with van der Waals surface area (Å²) in [4.78, 5) is 30.1. The van der Waals surface area contributed by atoms with Crippen LogP contribution in [0.4, 0.5) is 0 Å². The molecule has 7 heteroatoms. The summed E-state index contributed by atoms with van der Waals surface area (Å²) in [5, 5.41) is 15.9. The van der Waals surface area contributed by atoms with E-state index in [4.69, 9.17) is 0 Å². The van der Waals surface area contributed by atoms with Gasteiger partial charge in [0.25, 0.3) is 5.91 Å². The van der Waals surface area contributed by atoms with Gasteiger partial charge in [-0.2, -0.15) is 0 Å². The first-order valence-corrected chi connectivity index (χ1v) is 10.0. The maximum absolute atomic E-state index is 12.0. The molecule has 2 aromatic rings. The molecule has 0 aliphatic carbocycles. The van der Waals surface area contributed by atoms with Crippen LogP contribution in [-0.2, 0) is 4.79 Å². The van der Waals surface area contributed by atoms with E-state index in [1.807, 2.05) is 30.3 Å². The predicted molar refractivity (Wildman–Crippen MR) is 110 cm³/mol. The number of likely N-dealkylation sites (tertiary alicyclic amines) is 1. The van der Waals surface area contributed by atoms with Gasteiger partial charge in [-0.05, 0) is 49.5 Å². The molecule has 1 unspecified atom stereocenters. The number of carbonyl (C=O) groups is 2. The molecule has 1 aromatic carbocycles. The van der Waals surface area contributed by atoms with Crippen LogP contribution in [0.5, 0.6) is 0 Å². The third-order valence-corrected chi connectivity index (χ3v) is 5.24. The molecular formula is C22H28N4O3. The minimum atomic E-state index is -0.476. The standard InChI is InChI=1S/C22H28N4O3/c27-20(18-5-2-1-3-6-18)16-26-11-8-17(9-12-26)13-24-21(28)15-25-22(29)19-7-4-10-23-14-19/h1-7,10,14,17,20,27H,8-9,11-13,15-16H2,(H,24,28)(H,25,29). The normalized spacial score (nSPS) is 16.2. The molecule has 3 N–H and O–H groups in total. The van der Waals surface area contributed by atoms with Gasteiger partial charge >= 0.3 is 0 Å². The zero-order valence-electron chi connectivity index (χ0n) is 16.5. The molecule has 1 aliphatic rings. The van der Waals surface area contributed by atoms with Gasteiger partial charge in [-0.25, -0.2) is 0 Å². The Morgan fingerprint density at radius 1 is 1.10 bits per heavy atom. The SMILES string of the molecule is O=C(CNC(=O)c1cccnc1)NCC1CCN(CC(O)c2ccccc2)CC1. The minimum absolute atomic E-state index is 0.0458. The Kier molecular flexibility index (Phi) is 7.72. The molecule has 1 aromatic heterocycles. The van der Waals surface area contributed by atoms with Crippen LogP contribution in [0.25, 0.3) is 0 Å². The monoisotopic (exact) mass is 396 g/mol. The molecule has 7 nitrogen and oxygen atoms in total. The van der Waals surface area contributed by atoms with Crippen molar-refractivity contribution in [2.75, 3.05) is 32.7 Å². The summed E-state index contributed by atoms with van der Waals surface area (Å²) < 4.78 is 0. The molecule has 3 rings (SSSR count). The van der Waals surface area contributed by atoms with Crippen molar-refractivity contribution in [3.05, 3.63) is 66.0 Å². The summed E-state index contributed by atoms with van der Waals surface area (Å²) in [5.41, 5.74) is 1.38. The number of carbonyl (C=O) groups excluding carboxylic acids is 2. The maximum Gasteiger partial charge on any atom is 0.253 e. The van der Waals surface area contributed by atoms with E-state index in [0.717, 1.165) is 31.5 Å². The molecule has 154 valence electrons. The molecule has 2 heterocycles. The quantitative estimate of drug-likeness (QED) is 0.627. The predicted octanol–water partition coefficient (Wildman–Crippen LogP) is 1.37. The van der Waals surface area contributed by atoms with Gasteiger partial charge in [-0.15, -0.1) is 0 Å². The number of aromatic nitrogens is 1. The van der Waals surface area contributed by atoms with E-state index in [1.54, 1.807) is 18.3 Å². The number of β-amino-alcohol motifs (C(OH)–C–C–N with tert-alkyl or cyclic N) is 1. The van der Waals surface area contributed by atoms with Gasteiger partial charge < -0.3 is 20.6 Å². The molecule has 29 heavy (non-hydrogen) atoms. The first-order valence-electron chi connectivity index (χ1n) is 10.0. The fraction of sp³-hybridized carbons (Fsp3) is 0.409. The summed E-state index contributed by atoms with van der Waals surface area (Å²) in [6, 6.07) is 13.0. The second-order valence-electron chi connectivity index (χ2n) is 7.40. The number of piperidine rings is 1. The van der Waals surface area contributed by atoms with Crippen LogP contribution in [0.15, 0.2) is 54.9 Å². The van der Waals surface area contributed by atoms with Gasteiger partial charge in [-0.1, -0.05) is 30.3 Å². The first kappa shape index (κ1) is 21.0. The lowest BCUT2D eigenvalue weighted by atomic mass is 9.96. The van der Waals surface area contributed by atoms with Gasteiger partial charge in [0.15, 0.2) is 0 Å². The van der Waals surface area contributed by atoms with Crippen molar-refractivity contribution < 1.29 is 14.7 Å². The molecule has 1 saturated heterocycles. The fourth-order valence-electron chi connectivity index (χ4n) is 3.48. The average molecular weight is 396 g/mol. The topological polar surface area (TPSA) is 94.6 Å². The second kappa shape index (κ2) is 10.7. The molecule has 0 spiro atoms. The lowest BCUT2D eigenvalue weighted by Gasteiger charge is -2.33. The molecule has 0 saturated carbocycles. The summed E-state index contributed by atoms with van der Waals surface area (Å²) in [6.45, 7) is 3.00. The maximum atomic E-state index is 12.0. The highest BCUT2D eigenvalue weighted by Crippen LogP contribution is 2.20. The van der Waals surface area contributed by atoms with Gasteiger partial charge in [0.2, 0.25) is 5.91 Å². The van der Waals surface area contributed by atoms with E-state index in [2.05, 4.69) is 20.5 Å². The van der Waals surface area contributed by atoms with Crippen LogP contribution >= 0.6 is 0 Å². The summed E-state index contributed by atoms with van der Waals surface area (Å²) in [7, 11) is 0. The van der Waals surface area contributed by atoms with Crippen molar-refractivity contribution >= 4 is 11.8 Å². The summed E-state index contributed by atoms with van der Waals surface area (Å²) in [6.07, 6.45) is 4.54. The van der Waals surface area contributed by atoms with Gasteiger partial charge in [-0.3, -0.25) is 14.6 Å². The zero-order chi connectivity index (χ0) is 20.5. The van der Waals surface area contributed by atoms with Crippen molar-refractivity contribution in [3.8, 4) is 0 Å². The zero-order valence-corrected chi connectivity index (χ0v) is 16.5. The van der Waals surface area contributed by atoms with E-state index < -0.39 is 6.10 Å². The van der Waals surface area contributed by atoms with Crippen LogP contribution in [0.1, 0.15) is 34.9 Å². The number of hydrogen-bond acceptors (Lipinski definition) is 5.